The zero-order valence-electron chi connectivity index (χ0n) is 14.9. The highest BCUT2D eigenvalue weighted by Crippen LogP contribution is 2.32. The molecule has 0 aliphatic carbocycles. The van der Waals surface area contributed by atoms with E-state index >= 15 is 0 Å². The van der Waals surface area contributed by atoms with Gasteiger partial charge in [0, 0.05) is 28.7 Å². The van der Waals surface area contributed by atoms with Crippen LogP contribution in [0.2, 0.25) is 0 Å². The van der Waals surface area contributed by atoms with E-state index < -0.39 is 5.97 Å². The second-order valence-corrected chi connectivity index (χ2v) is 5.96. The Labute approximate surface area is 159 Å². The number of ether oxygens (including phenoxy) is 1. The zero-order chi connectivity index (χ0) is 19.5. The molecule has 140 valence electrons. The number of tetrazole rings is 1. The van der Waals surface area contributed by atoms with Crippen molar-refractivity contribution in [3.63, 3.8) is 0 Å². The molecule has 9 heteroatoms. The number of anilines is 2. The Balaban J connectivity index is 1.53. The molecule has 0 radical (unpaired) electrons. The minimum atomic E-state index is -0.419. The summed E-state index contributed by atoms with van der Waals surface area (Å²) in [4.78, 5) is 24.2. The Morgan fingerprint density at radius 2 is 2.04 bits per heavy atom. The highest BCUT2D eigenvalue weighted by atomic mass is 16.5. The molecule has 2 aromatic carbocycles. The molecule has 3 aromatic rings. The molecule has 0 fully saturated rings. The van der Waals surface area contributed by atoms with Crippen molar-refractivity contribution >= 4 is 28.8 Å². The third-order valence-electron chi connectivity index (χ3n) is 4.20. The molecule has 1 amide bonds. The molecule has 0 atom stereocenters. The number of nitrogens with one attached hydrogen (secondary N) is 3. The second-order valence-electron chi connectivity index (χ2n) is 5.96. The van der Waals surface area contributed by atoms with Crippen LogP contribution in [-0.4, -0.2) is 39.1 Å². The van der Waals surface area contributed by atoms with Crippen LogP contribution in [0.5, 0.6) is 0 Å². The lowest BCUT2D eigenvalue weighted by atomic mass is 10.1. The smallest absolute Gasteiger partial charge is 0.338 e. The largest absolute Gasteiger partial charge is 0.462 e. The molecule has 2 heterocycles. The molecule has 1 aliphatic heterocycles. The summed E-state index contributed by atoms with van der Waals surface area (Å²) in [7, 11) is 0. The average molecular weight is 376 g/mol. The predicted molar refractivity (Wildman–Crippen MR) is 102 cm³/mol. The number of nitrogens with zero attached hydrogens (tertiary/aromatic N) is 3. The Hall–Kier alpha value is -4.01. The van der Waals surface area contributed by atoms with Gasteiger partial charge in [-0.25, -0.2) is 9.89 Å². The zero-order valence-corrected chi connectivity index (χ0v) is 14.9. The van der Waals surface area contributed by atoms with E-state index in [4.69, 9.17) is 4.74 Å². The van der Waals surface area contributed by atoms with Crippen LogP contribution >= 0.6 is 0 Å². The summed E-state index contributed by atoms with van der Waals surface area (Å²) in [5, 5.41) is 19.5. The fourth-order valence-electron chi connectivity index (χ4n) is 2.84. The molecule has 4 rings (SSSR count). The summed E-state index contributed by atoms with van der Waals surface area (Å²) in [6.45, 7) is 2.04. The van der Waals surface area contributed by atoms with E-state index in [1.807, 2.05) is 24.3 Å². The van der Waals surface area contributed by atoms with Crippen molar-refractivity contribution in [1.29, 1.82) is 0 Å². The highest BCUT2D eigenvalue weighted by Gasteiger charge is 2.25. The quantitative estimate of drug-likeness (QED) is 0.462. The summed E-state index contributed by atoms with van der Waals surface area (Å²) in [5.74, 6) is -0.0866. The van der Waals surface area contributed by atoms with E-state index in [-0.39, 0.29) is 5.91 Å². The topological polar surface area (TPSA) is 122 Å². The van der Waals surface area contributed by atoms with Gasteiger partial charge in [0.15, 0.2) is 5.82 Å². The molecule has 0 saturated carbocycles. The number of rotatable bonds is 5. The molecular formula is C19H16N6O3. The Kier molecular flexibility index (Phi) is 4.55. The molecule has 0 bridgehead atoms. The van der Waals surface area contributed by atoms with Crippen LogP contribution in [-0.2, 0) is 9.53 Å². The first-order valence-corrected chi connectivity index (χ1v) is 8.59. The number of benzene rings is 2. The van der Waals surface area contributed by atoms with Crippen molar-refractivity contribution in [1.82, 2.24) is 20.6 Å². The maximum atomic E-state index is 12.3. The number of aromatic nitrogens is 4. The van der Waals surface area contributed by atoms with Gasteiger partial charge in [0.2, 0.25) is 0 Å². The Morgan fingerprint density at radius 3 is 2.75 bits per heavy atom. The summed E-state index contributed by atoms with van der Waals surface area (Å²) < 4.78 is 4.99. The molecule has 3 N–H and O–H groups in total. The molecule has 0 saturated heterocycles. The van der Waals surface area contributed by atoms with Crippen LogP contribution in [0.4, 0.5) is 11.4 Å². The number of hydrogen-bond donors (Lipinski definition) is 3. The average Bonchev–Trinajstić information content (AvgIpc) is 3.34. The first-order chi connectivity index (χ1) is 13.7. The molecule has 9 nitrogen and oxygen atoms in total. The van der Waals surface area contributed by atoms with E-state index in [0.29, 0.717) is 29.3 Å². The lowest BCUT2D eigenvalue weighted by Gasteiger charge is -2.05. The molecule has 28 heavy (non-hydrogen) atoms. The van der Waals surface area contributed by atoms with Gasteiger partial charge in [0.25, 0.3) is 5.91 Å². The van der Waals surface area contributed by atoms with E-state index in [1.165, 1.54) is 0 Å². The number of fused-ring (bicyclic) bond motifs is 1. The molecule has 1 aliphatic rings. The summed E-state index contributed by atoms with van der Waals surface area (Å²) in [6, 6.07) is 12.4. The molecule has 0 spiro atoms. The van der Waals surface area contributed by atoms with Gasteiger partial charge in [-0.1, -0.05) is 6.07 Å². The highest BCUT2D eigenvalue weighted by molar-refractivity contribution is 6.31. The minimum absolute atomic E-state index is 0.243. The van der Waals surface area contributed by atoms with Gasteiger partial charge in [0.05, 0.1) is 17.7 Å². The van der Waals surface area contributed by atoms with Gasteiger partial charge in [0.1, 0.15) is 0 Å². The van der Waals surface area contributed by atoms with Crippen molar-refractivity contribution in [2.24, 2.45) is 0 Å². The van der Waals surface area contributed by atoms with Crippen molar-refractivity contribution in [2.75, 3.05) is 17.2 Å². The third-order valence-corrected chi connectivity index (χ3v) is 4.20. The second kappa shape index (κ2) is 7.31. The minimum Gasteiger partial charge on any atom is -0.462 e. The van der Waals surface area contributed by atoms with Crippen LogP contribution in [0.15, 0.2) is 48.7 Å². The van der Waals surface area contributed by atoms with Gasteiger partial charge in [-0.05, 0) is 53.7 Å². The molecular weight excluding hydrogens is 360 g/mol. The van der Waals surface area contributed by atoms with Gasteiger partial charge >= 0.3 is 5.97 Å². The number of carbonyl (C=O) groups excluding carboxylic acids is 2. The number of aromatic amines is 1. The SMILES string of the molecule is CCOC(=O)c1ccc2c(c1)NC(=O)C2=CNc1ccc(-c2nnn[nH]2)cc1. The number of esters is 1. The third kappa shape index (κ3) is 3.32. The maximum Gasteiger partial charge on any atom is 0.338 e. The van der Waals surface area contributed by atoms with Gasteiger partial charge < -0.3 is 15.4 Å². The first kappa shape index (κ1) is 17.4. The van der Waals surface area contributed by atoms with Gasteiger partial charge in [-0.2, -0.15) is 0 Å². The van der Waals surface area contributed by atoms with E-state index in [0.717, 1.165) is 16.8 Å². The summed E-state index contributed by atoms with van der Waals surface area (Å²) in [5.41, 5.74) is 3.82. The number of amides is 1. The fourth-order valence-corrected chi connectivity index (χ4v) is 2.84. The summed E-state index contributed by atoms with van der Waals surface area (Å²) in [6.07, 6.45) is 1.64. The summed E-state index contributed by atoms with van der Waals surface area (Å²) >= 11 is 0. The van der Waals surface area contributed by atoms with Crippen LogP contribution in [0.1, 0.15) is 22.8 Å². The van der Waals surface area contributed by atoms with Crippen molar-refractivity contribution in [3.8, 4) is 11.4 Å². The lowest BCUT2D eigenvalue weighted by Crippen LogP contribution is -2.06. The van der Waals surface area contributed by atoms with Gasteiger partial charge in [-0.3, -0.25) is 4.79 Å². The number of carbonyl (C=O) groups is 2. The predicted octanol–water partition coefficient (Wildman–Crippen LogP) is 2.45. The maximum absolute atomic E-state index is 12.3. The van der Waals surface area contributed by atoms with Crippen LogP contribution in [0, 0.1) is 0 Å². The normalized spacial score (nSPS) is 13.9. The van der Waals surface area contributed by atoms with Crippen molar-refractivity contribution < 1.29 is 14.3 Å². The standard InChI is InChI=1S/C19H16N6O3/c1-2-28-19(27)12-5-8-14-15(18(26)21-16(14)9-12)10-20-13-6-3-11(4-7-13)17-22-24-25-23-17/h3-10,20H,2H2,1H3,(H,21,26)(H,22,23,24,25). The van der Waals surface area contributed by atoms with Crippen LogP contribution in [0.3, 0.4) is 0 Å². The van der Waals surface area contributed by atoms with Crippen LogP contribution in [0.25, 0.3) is 17.0 Å². The van der Waals surface area contributed by atoms with Crippen molar-refractivity contribution in [3.05, 3.63) is 59.8 Å². The monoisotopic (exact) mass is 376 g/mol. The molecule has 1 aromatic heterocycles. The van der Waals surface area contributed by atoms with E-state index in [9.17, 15) is 9.59 Å². The van der Waals surface area contributed by atoms with E-state index in [2.05, 4.69) is 31.3 Å². The Morgan fingerprint density at radius 1 is 1.21 bits per heavy atom. The first-order valence-electron chi connectivity index (χ1n) is 8.59. The fraction of sp³-hybridized carbons (Fsp3) is 0.105. The Bertz CT molecular complexity index is 1060. The number of hydrogen-bond acceptors (Lipinski definition) is 7. The molecule has 0 unspecified atom stereocenters. The van der Waals surface area contributed by atoms with E-state index in [1.54, 1.807) is 31.3 Å². The lowest BCUT2D eigenvalue weighted by molar-refractivity contribution is -0.110. The number of H-pyrrole nitrogens is 1. The van der Waals surface area contributed by atoms with Crippen molar-refractivity contribution in [2.45, 2.75) is 6.92 Å². The van der Waals surface area contributed by atoms with Gasteiger partial charge in [-0.15, -0.1) is 5.10 Å². The van der Waals surface area contributed by atoms with Crippen LogP contribution < -0.4 is 10.6 Å².